The summed E-state index contributed by atoms with van der Waals surface area (Å²) in [6.07, 6.45) is 0.549. The highest BCUT2D eigenvalue weighted by molar-refractivity contribution is 6.33. The van der Waals surface area contributed by atoms with Gasteiger partial charge in [-0.05, 0) is 19.4 Å². The monoisotopic (exact) mass is 450 g/mol. The lowest BCUT2D eigenvalue weighted by atomic mass is 10.2. The third-order valence-corrected chi connectivity index (χ3v) is 4.73. The number of nitrogens with zero attached hydrogens (tertiary/aromatic N) is 4. The van der Waals surface area contributed by atoms with Crippen LogP contribution in [0.1, 0.15) is 19.8 Å². The molecule has 0 fully saturated rings. The van der Waals surface area contributed by atoms with Gasteiger partial charge in [0.15, 0.2) is 0 Å². The molecule has 0 spiro atoms. The van der Waals surface area contributed by atoms with Gasteiger partial charge in [-0.15, -0.1) is 10.2 Å². The Morgan fingerprint density at radius 3 is 2.39 bits per heavy atom. The van der Waals surface area contributed by atoms with Crippen molar-refractivity contribution in [3.8, 4) is 11.5 Å². The molecule has 0 atom stereocenters. The molecule has 2 aromatic carbocycles. The van der Waals surface area contributed by atoms with Gasteiger partial charge in [0.25, 0.3) is 5.69 Å². The summed E-state index contributed by atoms with van der Waals surface area (Å²) in [6, 6.07) is 7.29. The Bertz CT molecular complexity index is 982. The highest BCUT2D eigenvalue weighted by Crippen LogP contribution is 2.41. The molecule has 2 rings (SSSR count). The number of carbonyl (C=O) groups is 1. The first-order valence-corrected chi connectivity index (χ1v) is 9.76. The minimum absolute atomic E-state index is 0.0677. The van der Waals surface area contributed by atoms with E-state index in [1.165, 1.54) is 32.4 Å². The molecule has 0 aliphatic carbocycles. The van der Waals surface area contributed by atoms with E-state index in [0.717, 1.165) is 5.69 Å². The van der Waals surface area contributed by atoms with Gasteiger partial charge < -0.3 is 19.5 Å². The van der Waals surface area contributed by atoms with Crippen molar-refractivity contribution in [2.75, 3.05) is 32.2 Å². The second-order valence-corrected chi connectivity index (χ2v) is 6.77. The standard InChI is InChI=1S/C20H23ClN4O6/c1-4-24(9-5-6-20(26)27)17-12-18(30-2)16(11-19(17)31-3)23-22-15-8-7-13(25(28)29)10-14(15)21/h7-8,10-12H,4-6,9H2,1-3H3,(H,26,27)/b23-22+. The molecule has 10 nitrogen and oxygen atoms in total. The summed E-state index contributed by atoms with van der Waals surface area (Å²) in [5, 5.41) is 28.1. The Balaban J connectivity index is 2.35. The maximum absolute atomic E-state index is 10.8. The van der Waals surface area contributed by atoms with Gasteiger partial charge in [0.1, 0.15) is 22.9 Å². The number of nitro groups is 1. The topological polar surface area (TPSA) is 127 Å². The Morgan fingerprint density at radius 2 is 1.84 bits per heavy atom. The zero-order valence-corrected chi connectivity index (χ0v) is 18.1. The van der Waals surface area contributed by atoms with Crippen molar-refractivity contribution >= 4 is 40.3 Å². The Hall–Kier alpha value is -3.40. The van der Waals surface area contributed by atoms with Crippen molar-refractivity contribution in [1.29, 1.82) is 0 Å². The summed E-state index contributed by atoms with van der Waals surface area (Å²) < 4.78 is 10.9. The molecule has 1 N–H and O–H groups in total. The number of azo groups is 1. The van der Waals surface area contributed by atoms with Crippen LogP contribution >= 0.6 is 11.6 Å². The van der Waals surface area contributed by atoms with Crippen LogP contribution in [0.4, 0.5) is 22.7 Å². The first kappa shape index (κ1) is 23.9. The van der Waals surface area contributed by atoms with Crippen LogP contribution in [0.25, 0.3) is 0 Å². The van der Waals surface area contributed by atoms with Gasteiger partial charge in [-0.2, -0.15) is 0 Å². The number of anilines is 1. The summed E-state index contributed by atoms with van der Waals surface area (Å²) >= 11 is 6.07. The van der Waals surface area contributed by atoms with Crippen molar-refractivity contribution in [2.45, 2.75) is 19.8 Å². The quantitative estimate of drug-likeness (QED) is 0.277. The lowest BCUT2D eigenvalue weighted by molar-refractivity contribution is -0.384. The first-order valence-electron chi connectivity index (χ1n) is 9.39. The summed E-state index contributed by atoms with van der Waals surface area (Å²) in [4.78, 5) is 23.1. The van der Waals surface area contributed by atoms with Gasteiger partial charge in [-0.25, -0.2) is 0 Å². The van der Waals surface area contributed by atoms with Crippen LogP contribution in [0.3, 0.4) is 0 Å². The number of rotatable bonds is 11. The van der Waals surface area contributed by atoms with Crippen molar-refractivity contribution in [3.05, 3.63) is 45.5 Å². The molecule has 0 saturated carbocycles. The number of carboxylic acid groups (broad SMARTS) is 1. The molecule has 0 aromatic heterocycles. The van der Waals surface area contributed by atoms with Gasteiger partial charge in [-0.3, -0.25) is 14.9 Å². The molecule has 31 heavy (non-hydrogen) atoms. The number of hydrogen-bond donors (Lipinski definition) is 1. The smallest absolute Gasteiger partial charge is 0.303 e. The number of aliphatic carboxylic acids is 1. The molecule has 0 heterocycles. The molecule has 0 radical (unpaired) electrons. The number of non-ortho nitro benzene ring substituents is 1. The van der Waals surface area contributed by atoms with Crippen LogP contribution in [0, 0.1) is 10.1 Å². The lowest BCUT2D eigenvalue weighted by Crippen LogP contribution is -2.25. The summed E-state index contributed by atoms with van der Waals surface area (Å²) in [7, 11) is 3.01. The maximum Gasteiger partial charge on any atom is 0.303 e. The largest absolute Gasteiger partial charge is 0.494 e. The number of methoxy groups -OCH3 is 2. The van der Waals surface area contributed by atoms with E-state index in [2.05, 4.69) is 10.2 Å². The van der Waals surface area contributed by atoms with Crippen molar-refractivity contribution in [3.63, 3.8) is 0 Å². The fourth-order valence-electron chi connectivity index (χ4n) is 2.86. The summed E-state index contributed by atoms with van der Waals surface area (Å²) in [5.41, 5.74) is 1.23. The third kappa shape index (κ3) is 6.29. The van der Waals surface area contributed by atoms with Crippen molar-refractivity contribution < 1.29 is 24.3 Å². The molecular weight excluding hydrogens is 428 g/mol. The van der Waals surface area contributed by atoms with Crippen molar-refractivity contribution in [2.24, 2.45) is 10.2 Å². The van der Waals surface area contributed by atoms with Crippen LogP contribution in [0.2, 0.25) is 5.02 Å². The minimum Gasteiger partial charge on any atom is -0.494 e. The maximum atomic E-state index is 10.8. The van der Waals surface area contributed by atoms with Gasteiger partial charge in [0.05, 0.1) is 29.9 Å². The normalized spacial score (nSPS) is 10.8. The molecule has 0 saturated heterocycles. The molecule has 0 aliphatic heterocycles. The Morgan fingerprint density at radius 1 is 1.16 bits per heavy atom. The Kier molecular flexibility index (Phi) is 8.56. The van der Waals surface area contributed by atoms with Crippen LogP contribution in [0.15, 0.2) is 40.6 Å². The Labute approximate surface area is 184 Å². The first-order chi connectivity index (χ1) is 14.8. The van der Waals surface area contributed by atoms with E-state index in [-0.39, 0.29) is 22.8 Å². The van der Waals surface area contributed by atoms with Crippen LogP contribution in [-0.4, -0.2) is 43.3 Å². The second-order valence-electron chi connectivity index (χ2n) is 6.37. The number of hydrogen-bond acceptors (Lipinski definition) is 8. The highest BCUT2D eigenvalue weighted by Gasteiger charge is 2.17. The van der Waals surface area contributed by atoms with E-state index < -0.39 is 10.9 Å². The number of benzene rings is 2. The van der Waals surface area contributed by atoms with Crippen LogP contribution in [0.5, 0.6) is 11.5 Å². The summed E-state index contributed by atoms with van der Waals surface area (Å²) in [6.45, 7) is 3.12. The van der Waals surface area contributed by atoms with Gasteiger partial charge in [-0.1, -0.05) is 11.6 Å². The predicted octanol–water partition coefficient (Wildman–Crippen LogP) is 5.37. The van der Waals surface area contributed by atoms with Crippen LogP contribution < -0.4 is 14.4 Å². The van der Waals surface area contributed by atoms with E-state index in [4.69, 9.17) is 26.2 Å². The third-order valence-electron chi connectivity index (χ3n) is 4.43. The number of nitro benzene ring substituents is 1. The minimum atomic E-state index is -0.846. The predicted molar refractivity (Wildman–Crippen MR) is 117 cm³/mol. The molecule has 0 amide bonds. The molecule has 0 aliphatic rings. The van der Waals surface area contributed by atoms with Crippen LogP contribution in [-0.2, 0) is 4.79 Å². The zero-order chi connectivity index (χ0) is 23.0. The van der Waals surface area contributed by atoms with E-state index in [1.807, 2.05) is 11.8 Å². The molecule has 11 heteroatoms. The van der Waals surface area contributed by atoms with E-state index >= 15 is 0 Å². The number of carboxylic acids is 1. The molecule has 0 unspecified atom stereocenters. The molecule has 2 aromatic rings. The van der Waals surface area contributed by atoms with Gasteiger partial charge in [0.2, 0.25) is 0 Å². The fourth-order valence-corrected chi connectivity index (χ4v) is 3.07. The van der Waals surface area contributed by atoms with E-state index in [0.29, 0.717) is 36.7 Å². The second kappa shape index (κ2) is 11.1. The van der Waals surface area contributed by atoms with E-state index in [9.17, 15) is 14.9 Å². The van der Waals surface area contributed by atoms with Gasteiger partial charge in [0, 0.05) is 43.8 Å². The highest BCUT2D eigenvalue weighted by atomic mass is 35.5. The average molecular weight is 451 g/mol. The summed E-state index contributed by atoms with van der Waals surface area (Å²) in [5.74, 6) is 0.0947. The zero-order valence-electron chi connectivity index (χ0n) is 17.4. The molecular formula is C20H23ClN4O6. The number of ether oxygens (including phenoxy) is 2. The molecule has 0 bridgehead atoms. The SMILES string of the molecule is CCN(CCCC(=O)O)c1cc(OC)c(/N=N/c2ccc([N+](=O)[O-])cc2Cl)cc1OC. The van der Waals surface area contributed by atoms with Crippen molar-refractivity contribution in [1.82, 2.24) is 0 Å². The fraction of sp³-hybridized carbons (Fsp3) is 0.350. The number of halogens is 1. The molecule has 166 valence electrons. The lowest BCUT2D eigenvalue weighted by Gasteiger charge is -2.25. The average Bonchev–Trinajstić information content (AvgIpc) is 2.75. The van der Waals surface area contributed by atoms with Gasteiger partial charge >= 0.3 is 5.97 Å². The van der Waals surface area contributed by atoms with E-state index in [1.54, 1.807) is 12.1 Å².